The Labute approximate surface area is 127 Å². The maximum absolute atomic E-state index is 12.2. The van der Waals surface area contributed by atoms with Gasteiger partial charge in [-0.3, -0.25) is 14.2 Å². The van der Waals surface area contributed by atoms with Gasteiger partial charge in [0.2, 0.25) is 0 Å². The Bertz CT molecular complexity index is 922. The number of thiazole rings is 1. The molecule has 0 fully saturated rings. The lowest BCUT2D eigenvalue weighted by Crippen LogP contribution is -2.21. The predicted molar refractivity (Wildman–Crippen MR) is 83.9 cm³/mol. The number of carbonyl (C=O) groups excluding carboxylic acids is 1. The highest BCUT2D eigenvalue weighted by atomic mass is 32.1. The molecule has 0 bridgehead atoms. The van der Waals surface area contributed by atoms with E-state index in [4.69, 9.17) is 0 Å². The van der Waals surface area contributed by atoms with Gasteiger partial charge in [0, 0.05) is 30.5 Å². The normalized spacial score (nSPS) is 11.2. The van der Waals surface area contributed by atoms with Crippen LogP contribution in [0.4, 0.5) is 0 Å². The third-order valence-electron chi connectivity index (χ3n) is 3.14. The molecule has 0 aromatic carbocycles. The van der Waals surface area contributed by atoms with E-state index in [1.807, 2.05) is 34.2 Å². The average molecular weight is 314 g/mol. The molecule has 4 aromatic rings. The Morgan fingerprint density at radius 2 is 2.38 bits per heavy atom. The fourth-order valence-electron chi connectivity index (χ4n) is 2.13. The number of fused-ring (bicyclic) bond motifs is 3. The summed E-state index contributed by atoms with van der Waals surface area (Å²) in [7, 11) is 0. The van der Waals surface area contributed by atoms with Crippen molar-refractivity contribution in [1.82, 2.24) is 19.7 Å². The molecular formula is C14H10N4OS2. The molecule has 0 radical (unpaired) electrons. The molecule has 1 N–H and O–H groups in total. The maximum atomic E-state index is 12.2. The largest absolute Gasteiger partial charge is 0.347 e. The van der Waals surface area contributed by atoms with Crippen molar-refractivity contribution in [2.45, 2.75) is 6.54 Å². The number of amides is 1. The van der Waals surface area contributed by atoms with Crippen LogP contribution in [-0.4, -0.2) is 20.3 Å². The minimum atomic E-state index is -0.0779. The molecule has 7 heteroatoms. The van der Waals surface area contributed by atoms with Crippen LogP contribution in [0.25, 0.3) is 15.3 Å². The Hall–Kier alpha value is -2.25. The van der Waals surface area contributed by atoms with Gasteiger partial charge in [0.05, 0.1) is 10.4 Å². The third kappa shape index (κ3) is 2.20. The Morgan fingerprint density at radius 1 is 1.43 bits per heavy atom. The standard InChI is InChI=1S/C14H10N4OS2/c19-12(16-8-9-2-1-3-15-7-9)11-6-10-13(21-11)17-14-18(10)4-5-20-14/h1-7H,8H2,(H,16,19). The lowest BCUT2D eigenvalue weighted by molar-refractivity contribution is 0.0955. The fourth-order valence-corrected chi connectivity index (χ4v) is 3.85. The van der Waals surface area contributed by atoms with Gasteiger partial charge in [-0.1, -0.05) is 6.07 Å². The number of aromatic nitrogens is 3. The second-order valence-corrected chi connectivity index (χ2v) is 6.42. The zero-order valence-corrected chi connectivity index (χ0v) is 12.4. The molecule has 0 atom stereocenters. The van der Waals surface area contributed by atoms with Crippen molar-refractivity contribution in [2.24, 2.45) is 0 Å². The van der Waals surface area contributed by atoms with Crippen LogP contribution in [0.2, 0.25) is 0 Å². The second-order valence-electron chi connectivity index (χ2n) is 4.51. The van der Waals surface area contributed by atoms with Gasteiger partial charge < -0.3 is 5.32 Å². The van der Waals surface area contributed by atoms with Crippen LogP contribution in [0, 0.1) is 0 Å². The first-order valence-corrected chi connectivity index (χ1v) is 8.03. The topological polar surface area (TPSA) is 59.3 Å². The van der Waals surface area contributed by atoms with Gasteiger partial charge in [-0.25, -0.2) is 4.98 Å². The van der Waals surface area contributed by atoms with E-state index in [0.717, 1.165) is 20.9 Å². The van der Waals surface area contributed by atoms with Crippen LogP contribution in [0.15, 0.2) is 42.2 Å². The highest BCUT2D eigenvalue weighted by Crippen LogP contribution is 2.28. The lowest BCUT2D eigenvalue weighted by Gasteiger charge is -2.02. The monoisotopic (exact) mass is 314 g/mol. The van der Waals surface area contributed by atoms with Crippen LogP contribution in [0.3, 0.4) is 0 Å². The average Bonchev–Trinajstić information content (AvgIpc) is 3.17. The Kier molecular flexibility index (Phi) is 2.94. The van der Waals surface area contributed by atoms with Crippen LogP contribution in [0.5, 0.6) is 0 Å². The smallest absolute Gasteiger partial charge is 0.261 e. The van der Waals surface area contributed by atoms with E-state index in [9.17, 15) is 4.79 Å². The zero-order valence-electron chi connectivity index (χ0n) is 10.8. The number of carbonyl (C=O) groups is 1. The predicted octanol–water partition coefficient (Wildman–Crippen LogP) is 2.94. The molecule has 21 heavy (non-hydrogen) atoms. The van der Waals surface area contributed by atoms with Crippen LogP contribution < -0.4 is 5.32 Å². The van der Waals surface area contributed by atoms with E-state index in [0.29, 0.717) is 11.4 Å². The minimum absolute atomic E-state index is 0.0779. The third-order valence-corrected chi connectivity index (χ3v) is 4.91. The van der Waals surface area contributed by atoms with Crippen molar-refractivity contribution in [3.8, 4) is 0 Å². The molecule has 4 aromatic heterocycles. The van der Waals surface area contributed by atoms with Gasteiger partial charge in [0.25, 0.3) is 5.91 Å². The van der Waals surface area contributed by atoms with Gasteiger partial charge in [-0.15, -0.1) is 22.7 Å². The van der Waals surface area contributed by atoms with Crippen LogP contribution >= 0.6 is 22.7 Å². The van der Waals surface area contributed by atoms with Crippen molar-refractivity contribution in [3.63, 3.8) is 0 Å². The minimum Gasteiger partial charge on any atom is -0.347 e. The second kappa shape index (κ2) is 4.94. The van der Waals surface area contributed by atoms with Crippen molar-refractivity contribution in [2.75, 3.05) is 0 Å². The highest BCUT2D eigenvalue weighted by molar-refractivity contribution is 7.21. The lowest BCUT2D eigenvalue weighted by atomic mass is 10.3. The number of thiophene rings is 1. The van der Waals surface area contributed by atoms with E-state index >= 15 is 0 Å². The van der Waals surface area contributed by atoms with E-state index in [-0.39, 0.29) is 5.91 Å². The van der Waals surface area contributed by atoms with E-state index in [1.165, 1.54) is 11.3 Å². The summed E-state index contributed by atoms with van der Waals surface area (Å²) in [6.07, 6.45) is 5.43. The van der Waals surface area contributed by atoms with E-state index < -0.39 is 0 Å². The molecule has 4 heterocycles. The molecule has 1 amide bonds. The van der Waals surface area contributed by atoms with Gasteiger partial charge >= 0.3 is 0 Å². The van der Waals surface area contributed by atoms with Gasteiger partial charge in [0.1, 0.15) is 4.83 Å². The summed E-state index contributed by atoms with van der Waals surface area (Å²) in [6, 6.07) is 5.69. The summed E-state index contributed by atoms with van der Waals surface area (Å²) in [4.78, 5) is 23.3. The van der Waals surface area contributed by atoms with E-state index in [2.05, 4.69) is 15.3 Å². The number of hydrogen-bond donors (Lipinski definition) is 1. The zero-order chi connectivity index (χ0) is 14.2. The molecule has 104 valence electrons. The number of nitrogens with one attached hydrogen (secondary N) is 1. The van der Waals surface area contributed by atoms with Gasteiger partial charge in [-0.2, -0.15) is 0 Å². The molecule has 4 rings (SSSR count). The summed E-state index contributed by atoms with van der Waals surface area (Å²) < 4.78 is 2.01. The molecule has 0 aliphatic heterocycles. The highest BCUT2D eigenvalue weighted by Gasteiger charge is 2.14. The number of pyridine rings is 1. The molecule has 0 saturated carbocycles. The first kappa shape index (κ1) is 12.5. The quantitative estimate of drug-likeness (QED) is 0.632. The molecule has 0 unspecified atom stereocenters. The number of nitrogens with zero attached hydrogens (tertiary/aromatic N) is 3. The summed E-state index contributed by atoms with van der Waals surface area (Å²) in [5.74, 6) is -0.0779. The van der Waals surface area contributed by atoms with Crippen molar-refractivity contribution in [3.05, 3.63) is 52.6 Å². The van der Waals surface area contributed by atoms with Crippen molar-refractivity contribution in [1.29, 1.82) is 0 Å². The maximum Gasteiger partial charge on any atom is 0.261 e. The number of imidazole rings is 1. The summed E-state index contributed by atoms with van der Waals surface area (Å²) >= 11 is 3.01. The van der Waals surface area contributed by atoms with Crippen molar-refractivity contribution < 1.29 is 4.79 Å². The molecule has 0 spiro atoms. The summed E-state index contributed by atoms with van der Waals surface area (Å²) in [5, 5.41) is 4.89. The SMILES string of the molecule is O=C(NCc1cccnc1)c1cc2c(nc3sccn32)s1. The van der Waals surface area contributed by atoms with Crippen LogP contribution in [0.1, 0.15) is 15.2 Å². The summed E-state index contributed by atoms with van der Waals surface area (Å²) in [5.41, 5.74) is 1.97. The molecular weight excluding hydrogens is 304 g/mol. The molecule has 0 aliphatic carbocycles. The fraction of sp³-hybridized carbons (Fsp3) is 0.0714. The van der Waals surface area contributed by atoms with Crippen LogP contribution in [-0.2, 0) is 6.54 Å². The Balaban J connectivity index is 1.57. The first-order chi connectivity index (χ1) is 10.3. The molecule has 5 nitrogen and oxygen atoms in total. The van der Waals surface area contributed by atoms with Crippen molar-refractivity contribution >= 4 is 43.9 Å². The Morgan fingerprint density at radius 3 is 3.24 bits per heavy atom. The first-order valence-electron chi connectivity index (χ1n) is 6.33. The van der Waals surface area contributed by atoms with E-state index in [1.54, 1.807) is 23.7 Å². The van der Waals surface area contributed by atoms with Gasteiger partial charge in [-0.05, 0) is 17.7 Å². The molecule has 0 saturated heterocycles. The number of rotatable bonds is 3. The summed E-state index contributed by atoms with van der Waals surface area (Å²) in [6.45, 7) is 0.475. The van der Waals surface area contributed by atoms with Gasteiger partial charge in [0.15, 0.2) is 4.96 Å². The molecule has 0 aliphatic rings. The number of hydrogen-bond acceptors (Lipinski definition) is 5.